The summed E-state index contributed by atoms with van der Waals surface area (Å²) in [6.07, 6.45) is -8.26. The second-order valence-corrected chi connectivity index (χ2v) is 28.4. The summed E-state index contributed by atoms with van der Waals surface area (Å²) in [6.45, 7) is 3.46. The fraction of sp³-hybridized carbons (Fsp3) is 0.639. The standard InChI is InChI=1S/C72H98F8N12O14/c1-13-41(4)59-67(102)86(8)38-57(95)88(10)51-23-17-16-20-30-91(66(51)101)54(33-42-24-27-45(28-25-42)71(75,76)77)65(100)85(7)37-55(93)81-49(29-26-43-31-47(73)58(48(74)32-43)72(78,79)80)63(98)92-36-46(106-15-3)34-52(92)62(97)83-70(39-105-40-70)69(104)90(12)60(44-21-18-19-22-44)68(103)89(11)53(64(99)84(5)6)35-56(94)87(9)50(14-2)61(96)82-59/h16-17,24-25,27-28,31-32,41,44,46,49-54,59-60H,13-15,18-23,26,29-30,33-40H2,1-12H3,(H,81,93)(H,82,96)(H,83,97)/b17-16-/t41-,46+,49+,50-,51-,52-,53-,54-,59-,60-/m0/s1. The number of likely N-dealkylation sites (N-methyl/N-ethyl adjacent to an activating group) is 7. The van der Waals surface area contributed by atoms with Crippen LogP contribution < -0.4 is 16.0 Å². The number of amides is 12. The Balaban J connectivity index is 1.34. The molecule has 2 aromatic carbocycles. The molecule has 2 bridgehead atoms. The Hall–Kier alpha value is -8.82. The molecule has 1 aliphatic carbocycles. The van der Waals surface area contributed by atoms with Gasteiger partial charge in [0.05, 0.1) is 44.4 Å². The zero-order valence-electron chi connectivity index (χ0n) is 61.9. The largest absolute Gasteiger partial charge is 0.422 e. The van der Waals surface area contributed by atoms with Crippen molar-refractivity contribution in [1.82, 2.24) is 60.0 Å². The first-order chi connectivity index (χ1) is 49.7. The van der Waals surface area contributed by atoms with Gasteiger partial charge in [0.2, 0.25) is 65.0 Å². The Morgan fingerprint density at radius 3 is 1.87 bits per heavy atom. The van der Waals surface area contributed by atoms with E-state index in [1.807, 2.05) is 0 Å². The van der Waals surface area contributed by atoms with Gasteiger partial charge in [-0.2, -0.15) is 26.3 Å². The summed E-state index contributed by atoms with van der Waals surface area (Å²) in [5, 5.41) is 8.04. The minimum Gasteiger partial charge on any atom is -0.377 e. The number of ether oxygens (including phenoxy) is 2. The molecule has 5 aliphatic rings. The number of nitrogens with one attached hydrogen (secondary N) is 3. The number of alkyl halides is 6. The molecule has 0 unspecified atom stereocenters. The van der Waals surface area contributed by atoms with Gasteiger partial charge in [0.25, 0.3) is 5.91 Å². The van der Waals surface area contributed by atoms with E-state index in [4.69, 9.17) is 9.47 Å². The second-order valence-electron chi connectivity index (χ2n) is 28.4. The lowest BCUT2D eigenvalue weighted by atomic mass is 9.90. The van der Waals surface area contributed by atoms with E-state index in [1.165, 1.54) is 54.2 Å². The number of halogens is 8. The quantitative estimate of drug-likeness (QED) is 0.201. The molecule has 1 spiro atoms. The molecule has 1 saturated carbocycles. The molecule has 26 nitrogen and oxygen atoms in total. The third kappa shape index (κ3) is 19.7. The van der Waals surface area contributed by atoms with Gasteiger partial charge in [-0.05, 0) is 99.1 Å². The van der Waals surface area contributed by atoms with Crippen molar-refractivity contribution >= 4 is 70.9 Å². The van der Waals surface area contributed by atoms with E-state index in [9.17, 15) is 55.1 Å². The number of fused-ring (bicyclic) bond motifs is 3. The summed E-state index contributed by atoms with van der Waals surface area (Å²) >= 11 is 0. The van der Waals surface area contributed by atoms with Crippen molar-refractivity contribution in [2.24, 2.45) is 11.8 Å². The van der Waals surface area contributed by atoms with Crippen LogP contribution in [0.1, 0.15) is 121 Å². The fourth-order valence-electron chi connectivity index (χ4n) is 14.4. The minimum atomic E-state index is -5.47. The summed E-state index contributed by atoms with van der Waals surface area (Å²) in [5.74, 6) is -15.6. The summed E-state index contributed by atoms with van der Waals surface area (Å²) in [7, 11) is 10.5. The molecule has 4 fully saturated rings. The van der Waals surface area contributed by atoms with Crippen molar-refractivity contribution in [1.29, 1.82) is 0 Å². The van der Waals surface area contributed by atoms with E-state index in [0.717, 1.165) is 70.5 Å². The number of carbonyl (C=O) groups is 12. The van der Waals surface area contributed by atoms with Gasteiger partial charge < -0.3 is 69.5 Å². The molecule has 4 aliphatic heterocycles. The summed E-state index contributed by atoms with van der Waals surface area (Å²) in [4.78, 5) is 189. The smallest absolute Gasteiger partial charge is 0.377 e. The first-order valence-electron chi connectivity index (χ1n) is 35.6. The van der Waals surface area contributed by atoms with Gasteiger partial charge in [0.1, 0.15) is 65.5 Å². The van der Waals surface area contributed by atoms with Gasteiger partial charge in [-0.25, -0.2) is 8.78 Å². The van der Waals surface area contributed by atoms with E-state index in [-0.39, 0.29) is 50.9 Å². The minimum absolute atomic E-state index is 0.0263. The molecule has 34 heteroatoms. The lowest BCUT2D eigenvalue weighted by Gasteiger charge is -2.46. The summed E-state index contributed by atoms with van der Waals surface area (Å²) < 4.78 is 125. The highest BCUT2D eigenvalue weighted by Crippen LogP contribution is 2.37. The monoisotopic (exact) mass is 1510 g/mol. The maximum Gasteiger partial charge on any atom is 0.422 e. The third-order valence-corrected chi connectivity index (χ3v) is 20.9. The molecule has 3 N–H and O–H groups in total. The van der Waals surface area contributed by atoms with Crippen molar-refractivity contribution < 1.29 is 102 Å². The first-order valence-corrected chi connectivity index (χ1v) is 35.6. The number of rotatable bonds is 12. The van der Waals surface area contributed by atoms with Crippen LogP contribution in [-0.4, -0.2) is 277 Å². The van der Waals surface area contributed by atoms with Crippen LogP contribution in [0.15, 0.2) is 48.6 Å². The van der Waals surface area contributed by atoms with Crippen LogP contribution in [0, 0.1) is 23.5 Å². The maximum absolute atomic E-state index is 15.4. The average Bonchev–Trinajstić information content (AvgIpc) is 1.21. The summed E-state index contributed by atoms with van der Waals surface area (Å²) in [6, 6.07) is -7.54. The molecular formula is C72H98F8N12O14. The Labute approximate surface area is 611 Å². The number of nitrogens with zero attached hydrogens (tertiary/aromatic N) is 9. The Bertz CT molecular complexity index is 3590. The highest BCUT2D eigenvalue weighted by Gasteiger charge is 2.55. The number of benzene rings is 2. The fourth-order valence-corrected chi connectivity index (χ4v) is 14.4. The number of hydrogen-bond donors (Lipinski definition) is 3. The normalized spacial score (nSPS) is 26.3. The topological polar surface area (TPSA) is 289 Å². The van der Waals surface area contributed by atoms with Gasteiger partial charge in [-0.15, -0.1) is 0 Å². The van der Waals surface area contributed by atoms with Gasteiger partial charge >= 0.3 is 12.4 Å². The first kappa shape index (κ1) is 84.4. The third-order valence-electron chi connectivity index (χ3n) is 20.9. The van der Waals surface area contributed by atoms with Crippen LogP contribution in [0.2, 0.25) is 0 Å². The van der Waals surface area contributed by atoms with Crippen molar-refractivity contribution in [2.75, 3.05) is 102 Å². The predicted molar refractivity (Wildman–Crippen MR) is 366 cm³/mol. The van der Waals surface area contributed by atoms with Crippen LogP contribution in [0.25, 0.3) is 0 Å². The molecule has 0 radical (unpaired) electrons. The lowest BCUT2D eigenvalue weighted by molar-refractivity contribution is -0.169. The van der Waals surface area contributed by atoms with Gasteiger partial charge in [-0.1, -0.05) is 64.3 Å². The van der Waals surface area contributed by atoms with E-state index in [2.05, 4.69) is 16.0 Å². The van der Waals surface area contributed by atoms with E-state index in [1.54, 1.807) is 39.8 Å². The highest BCUT2D eigenvalue weighted by molar-refractivity contribution is 6.01. The summed E-state index contributed by atoms with van der Waals surface area (Å²) in [5.41, 5.74) is -5.50. The zero-order chi connectivity index (χ0) is 78.8. The molecule has 586 valence electrons. The number of carbonyl (C=O) groups excluding carboxylic acids is 12. The van der Waals surface area contributed by atoms with Gasteiger partial charge in [0, 0.05) is 88.9 Å². The van der Waals surface area contributed by atoms with Crippen molar-refractivity contribution in [3.05, 3.63) is 82.4 Å². The molecule has 106 heavy (non-hydrogen) atoms. The second kappa shape index (κ2) is 35.7. The Morgan fingerprint density at radius 2 is 1.31 bits per heavy atom. The molecule has 0 aromatic heterocycles. The van der Waals surface area contributed by atoms with Crippen molar-refractivity contribution in [3.63, 3.8) is 0 Å². The Morgan fingerprint density at radius 1 is 0.689 bits per heavy atom. The van der Waals surface area contributed by atoms with Crippen molar-refractivity contribution in [2.45, 2.75) is 183 Å². The number of aryl methyl sites for hydroxylation is 1. The average molecular weight is 1510 g/mol. The molecule has 3 saturated heterocycles. The Kier molecular flexibility index (Phi) is 28.5. The predicted octanol–water partition coefficient (Wildman–Crippen LogP) is 3.95. The van der Waals surface area contributed by atoms with Crippen LogP contribution in [0.4, 0.5) is 35.1 Å². The molecular weight excluding hydrogens is 1410 g/mol. The van der Waals surface area contributed by atoms with Crippen molar-refractivity contribution in [3.8, 4) is 0 Å². The SMILES string of the molecule is CCO[C@@H]1C[C@H]2C(=O)NC3(COC3)C(=O)N(C)[C@@H](C3CCCC3)C(=O)N(C)[C@H](C(=O)N(C)C)CC(=O)N(C)[C@@H](CC)C(=O)N[C@@H]([C@@H](C)CC)C(=O)N(C)CC(=O)N(C)[C@H]3C/C=C\CCN(C3=O)[C@@H](Cc3ccc(C(F)(F)F)cc3)C(=O)N(C)CC(=O)N[C@H](CCc3cc(F)c(C(F)(F)F)c(F)c3)C(=O)N2C1. The van der Waals surface area contributed by atoms with Gasteiger partial charge in [-0.3, -0.25) is 57.5 Å². The van der Waals surface area contributed by atoms with E-state index in [0.29, 0.717) is 44.2 Å². The van der Waals surface area contributed by atoms with Crippen LogP contribution in [-0.2, 0) is 92.2 Å². The van der Waals surface area contributed by atoms with Gasteiger partial charge in [0.15, 0.2) is 5.54 Å². The molecule has 2 aromatic rings. The van der Waals surface area contributed by atoms with Crippen LogP contribution >= 0.6 is 0 Å². The molecule has 7 rings (SSSR count). The van der Waals surface area contributed by atoms with Crippen LogP contribution in [0.5, 0.6) is 0 Å². The number of hydrogen-bond acceptors (Lipinski definition) is 14. The molecule has 12 amide bonds. The van der Waals surface area contributed by atoms with E-state index >= 15 is 37.5 Å². The zero-order valence-corrected chi connectivity index (χ0v) is 61.9. The maximum atomic E-state index is 15.4. The molecule has 4 heterocycles. The highest BCUT2D eigenvalue weighted by atomic mass is 19.4. The van der Waals surface area contributed by atoms with E-state index < -0.39 is 235 Å². The van der Waals surface area contributed by atoms with Crippen LogP contribution in [0.3, 0.4) is 0 Å². The lowest BCUT2D eigenvalue weighted by Crippen LogP contribution is -2.73. The molecule has 10 atom stereocenters.